The molecule has 1 aromatic carbocycles. The summed E-state index contributed by atoms with van der Waals surface area (Å²) in [6, 6.07) is 6.68. The Kier molecular flexibility index (Phi) is 4.28. The summed E-state index contributed by atoms with van der Waals surface area (Å²) in [5, 5.41) is 12.9. The largest absolute Gasteiger partial charge is 0.302 e. The lowest BCUT2D eigenvalue weighted by atomic mass is 9.93. The highest BCUT2D eigenvalue weighted by Gasteiger charge is 2.26. The van der Waals surface area contributed by atoms with E-state index in [1.54, 1.807) is 12.1 Å². The summed E-state index contributed by atoms with van der Waals surface area (Å²) in [7, 11) is 0. The van der Waals surface area contributed by atoms with E-state index in [2.05, 4.69) is 41.3 Å². The molecule has 7 heteroatoms. The zero-order valence-corrected chi connectivity index (χ0v) is 14.6. The first kappa shape index (κ1) is 16.4. The third-order valence-electron chi connectivity index (χ3n) is 3.74. The molecule has 0 saturated heterocycles. The van der Waals surface area contributed by atoms with Crippen LogP contribution in [0.4, 0.5) is 5.13 Å². The highest BCUT2D eigenvalue weighted by molar-refractivity contribution is 7.13. The average Bonchev–Trinajstić information content (AvgIpc) is 2.99. The molecule has 1 N–H and O–H groups in total. The van der Waals surface area contributed by atoms with Gasteiger partial charge in [-0.3, -0.25) is 9.59 Å². The van der Waals surface area contributed by atoms with Crippen molar-refractivity contribution in [1.29, 1.82) is 0 Å². The van der Waals surface area contributed by atoms with Crippen LogP contribution >= 0.6 is 11.3 Å². The molecule has 2 aromatic rings. The first-order valence-corrected chi connectivity index (χ1v) is 8.52. The molecule has 6 nitrogen and oxygen atoms in total. The number of aromatic nitrogens is 1. The number of carbonyl (C=O) groups is 2. The summed E-state index contributed by atoms with van der Waals surface area (Å²) in [6.07, 6.45) is 0.123. The smallest absolute Gasteiger partial charge is 0.295 e. The van der Waals surface area contributed by atoms with Crippen LogP contribution in [0.5, 0.6) is 0 Å². The second-order valence-corrected chi connectivity index (χ2v) is 7.52. The summed E-state index contributed by atoms with van der Waals surface area (Å²) in [5.41, 5.74) is 2.13. The third kappa shape index (κ3) is 3.41. The van der Waals surface area contributed by atoms with Crippen molar-refractivity contribution in [3.8, 4) is 0 Å². The Balaban J connectivity index is 1.71. The number of hydrogen-bond donors (Lipinski definition) is 1. The van der Waals surface area contributed by atoms with Gasteiger partial charge in [0.25, 0.3) is 5.91 Å². The molecule has 0 bridgehead atoms. The number of thiazole rings is 1. The van der Waals surface area contributed by atoms with Gasteiger partial charge in [-0.15, -0.1) is 16.5 Å². The molecule has 1 aliphatic rings. The van der Waals surface area contributed by atoms with Crippen LogP contribution < -0.4 is 5.32 Å². The van der Waals surface area contributed by atoms with E-state index < -0.39 is 6.04 Å². The monoisotopic (exact) mass is 342 g/mol. The Hall–Kier alpha value is -2.41. The molecule has 2 heterocycles. The van der Waals surface area contributed by atoms with Crippen molar-refractivity contribution in [3.63, 3.8) is 0 Å². The quantitative estimate of drug-likeness (QED) is 0.910. The van der Waals surface area contributed by atoms with Crippen LogP contribution in [0.25, 0.3) is 0 Å². The number of nitrogens with one attached hydrogen (secondary N) is 1. The number of nitrogens with zero attached hydrogens (tertiary/aromatic N) is 3. The predicted octanol–water partition coefficient (Wildman–Crippen LogP) is 4.12. The molecule has 2 amide bonds. The lowest BCUT2D eigenvalue weighted by molar-refractivity contribution is -0.116. The first-order chi connectivity index (χ1) is 11.3. The maximum Gasteiger partial charge on any atom is 0.295 e. The van der Waals surface area contributed by atoms with Crippen molar-refractivity contribution in [2.24, 2.45) is 10.2 Å². The number of anilines is 1. The molecule has 0 aliphatic carbocycles. The fourth-order valence-electron chi connectivity index (χ4n) is 2.39. The number of carbonyl (C=O) groups excluding carboxylic acids is 2. The Bertz CT molecular complexity index is 820. The van der Waals surface area contributed by atoms with E-state index in [1.165, 1.54) is 11.3 Å². The summed E-state index contributed by atoms with van der Waals surface area (Å²) in [4.78, 5) is 28.5. The number of fused-ring (bicyclic) bond motifs is 1. The van der Waals surface area contributed by atoms with Gasteiger partial charge in [0.2, 0.25) is 5.91 Å². The minimum Gasteiger partial charge on any atom is -0.302 e. The van der Waals surface area contributed by atoms with Gasteiger partial charge in [-0.1, -0.05) is 39.0 Å². The van der Waals surface area contributed by atoms with E-state index in [0.717, 1.165) is 11.3 Å². The van der Waals surface area contributed by atoms with Crippen LogP contribution in [0.2, 0.25) is 0 Å². The van der Waals surface area contributed by atoms with E-state index in [-0.39, 0.29) is 23.7 Å². The molecular weight excluding hydrogens is 324 g/mol. The van der Waals surface area contributed by atoms with Crippen molar-refractivity contribution < 1.29 is 9.59 Å². The van der Waals surface area contributed by atoms with Crippen LogP contribution in [-0.4, -0.2) is 16.8 Å². The zero-order valence-electron chi connectivity index (χ0n) is 13.7. The highest BCUT2D eigenvalue weighted by Crippen LogP contribution is 2.31. The molecule has 124 valence electrons. The van der Waals surface area contributed by atoms with Crippen LogP contribution in [0.3, 0.4) is 0 Å². The lowest BCUT2D eigenvalue weighted by Crippen LogP contribution is -2.18. The Morgan fingerprint density at radius 3 is 2.75 bits per heavy atom. The number of azo groups is 1. The summed E-state index contributed by atoms with van der Waals surface area (Å²) in [6.45, 7) is 6.22. The second kappa shape index (κ2) is 6.24. The van der Waals surface area contributed by atoms with Crippen molar-refractivity contribution in [3.05, 3.63) is 46.5 Å². The molecule has 0 saturated carbocycles. The zero-order chi connectivity index (χ0) is 17.3. The molecule has 1 atom stereocenters. The minimum atomic E-state index is -0.444. The van der Waals surface area contributed by atoms with Crippen LogP contribution in [-0.2, 0) is 10.2 Å². The van der Waals surface area contributed by atoms with Crippen molar-refractivity contribution in [2.45, 2.75) is 38.6 Å². The molecular formula is C17H18N4O2S. The average molecular weight is 342 g/mol. The maximum absolute atomic E-state index is 12.3. The van der Waals surface area contributed by atoms with Crippen LogP contribution in [0.15, 0.2) is 39.9 Å². The Labute approximate surface area is 144 Å². The van der Waals surface area contributed by atoms with E-state index >= 15 is 0 Å². The van der Waals surface area contributed by atoms with Crippen molar-refractivity contribution in [2.75, 3.05) is 5.32 Å². The summed E-state index contributed by atoms with van der Waals surface area (Å²) < 4.78 is 0. The third-order valence-corrected chi connectivity index (χ3v) is 4.49. The van der Waals surface area contributed by atoms with Gasteiger partial charge in [0, 0.05) is 16.4 Å². The van der Waals surface area contributed by atoms with E-state index in [9.17, 15) is 9.59 Å². The van der Waals surface area contributed by atoms with Gasteiger partial charge in [-0.2, -0.15) is 5.11 Å². The van der Waals surface area contributed by atoms with Gasteiger partial charge in [-0.05, 0) is 11.6 Å². The molecule has 1 unspecified atom stereocenters. The second-order valence-electron chi connectivity index (χ2n) is 6.66. The maximum atomic E-state index is 12.3. The molecule has 1 aliphatic heterocycles. The van der Waals surface area contributed by atoms with Gasteiger partial charge >= 0.3 is 0 Å². The van der Waals surface area contributed by atoms with Crippen LogP contribution in [0.1, 0.15) is 54.8 Å². The molecule has 24 heavy (non-hydrogen) atoms. The Morgan fingerprint density at radius 1 is 1.29 bits per heavy atom. The Morgan fingerprint density at radius 2 is 2.04 bits per heavy atom. The lowest BCUT2D eigenvalue weighted by Gasteiger charge is -2.17. The minimum absolute atomic E-state index is 0.0592. The van der Waals surface area contributed by atoms with Crippen molar-refractivity contribution in [1.82, 2.24) is 4.98 Å². The highest BCUT2D eigenvalue weighted by atomic mass is 32.1. The fraction of sp³-hybridized carbons (Fsp3) is 0.353. The molecule has 1 aromatic heterocycles. The summed E-state index contributed by atoms with van der Waals surface area (Å²) >= 11 is 1.40. The predicted molar refractivity (Wildman–Crippen MR) is 92.4 cm³/mol. The van der Waals surface area contributed by atoms with Gasteiger partial charge < -0.3 is 5.32 Å². The molecule has 3 rings (SSSR count). The van der Waals surface area contributed by atoms with Gasteiger partial charge in [0.15, 0.2) is 5.13 Å². The topological polar surface area (TPSA) is 83.8 Å². The van der Waals surface area contributed by atoms with Gasteiger partial charge in [-0.25, -0.2) is 4.98 Å². The normalized spacial score (nSPS) is 16.8. The van der Waals surface area contributed by atoms with E-state index in [1.807, 2.05) is 17.5 Å². The number of benzene rings is 1. The standard InChI is InChI=1S/C17H18N4O2S/c1-17(2,3)13-9-24-16(18-13)19-14(22)8-12-10-6-4-5-7-11(10)15(23)21-20-12/h4-7,9,12H,8H2,1-3H3,(H,18,19,22). The molecule has 0 fully saturated rings. The number of hydrogen-bond acceptors (Lipinski definition) is 5. The van der Waals surface area contributed by atoms with Crippen LogP contribution in [0, 0.1) is 0 Å². The summed E-state index contributed by atoms with van der Waals surface area (Å²) in [5.74, 6) is -0.560. The molecule has 0 spiro atoms. The SMILES string of the molecule is CC(C)(C)c1csc(NC(=O)CC2N=NC(=O)c3ccccc32)n1. The number of rotatable bonds is 3. The number of amides is 2. The van der Waals surface area contributed by atoms with E-state index in [0.29, 0.717) is 10.7 Å². The van der Waals surface area contributed by atoms with Gasteiger partial charge in [0.1, 0.15) is 6.04 Å². The van der Waals surface area contributed by atoms with E-state index in [4.69, 9.17) is 0 Å². The first-order valence-electron chi connectivity index (χ1n) is 7.64. The van der Waals surface area contributed by atoms with Gasteiger partial charge in [0.05, 0.1) is 12.1 Å². The molecule has 0 radical (unpaired) electrons. The van der Waals surface area contributed by atoms with Crippen molar-refractivity contribution >= 4 is 28.3 Å². The fourth-order valence-corrected chi connectivity index (χ4v) is 3.35.